The van der Waals surface area contributed by atoms with Crippen molar-refractivity contribution in [3.8, 4) is 0 Å². The topological polar surface area (TPSA) is 49.9 Å². The summed E-state index contributed by atoms with van der Waals surface area (Å²) < 4.78 is 5.67. The second kappa shape index (κ2) is 5.00. The van der Waals surface area contributed by atoms with E-state index in [2.05, 4.69) is 4.90 Å². The van der Waals surface area contributed by atoms with Crippen LogP contribution in [0.1, 0.15) is 34.6 Å². The molecule has 0 unspecified atom stereocenters. The maximum atomic E-state index is 12.3. The molecule has 5 nitrogen and oxygen atoms in total. The molecule has 2 heterocycles. The monoisotopic (exact) mass is 274 g/mol. The third-order valence-electron chi connectivity index (χ3n) is 3.71. The van der Waals surface area contributed by atoms with Gasteiger partial charge in [-0.3, -0.25) is 19.4 Å². The van der Waals surface area contributed by atoms with E-state index in [1.54, 1.807) is 24.3 Å². The summed E-state index contributed by atoms with van der Waals surface area (Å²) in [4.78, 5) is 28.0. The predicted molar refractivity (Wildman–Crippen MR) is 73.4 cm³/mol. The number of amides is 2. The van der Waals surface area contributed by atoms with Crippen molar-refractivity contribution in [2.24, 2.45) is 0 Å². The fourth-order valence-electron chi connectivity index (χ4n) is 2.97. The molecule has 2 atom stereocenters. The van der Waals surface area contributed by atoms with Gasteiger partial charge in [0.05, 0.1) is 30.0 Å². The van der Waals surface area contributed by atoms with Gasteiger partial charge in [-0.25, -0.2) is 0 Å². The lowest BCUT2D eigenvalue weighted by Gasteiger charge is -2.36. The normalized spacial score (nSPS) is 27.0. The van der Waals surface area contributed by atoms with E-state index in [0.717, 1.165) is 13.1 Å². The van der Waals surface area contributed by atoms with Crippen molar-refractivity contribution in [3.05, 3.63) is 35.4 Å². The Kier molecular flexibility index (Phi) is 3.31. The quantitative estimate of drug-likeness (QED) is 0.764. The van der Waals surface area contributed by atoms with Crippen LogP contribution in [-0.2, 0) is 4.74 Å². The molecule has 3 rings (SSSR count). The van der Waals surface area contributed by atoms with Gasteiger partial charge in [0.1, 0.15) is 0 Å². The molecule has 2 amide bonds. The Morgan fingerprint density at radius 2 is 1.55 bits per heavy atom. The molecule has 20 heavy (non-hydrogen) atoms. The lowest BCUT2D eigenvalue weighted by Crippen LogP contribution is -2.50. The second-order valence-corrected chi connectivity index (χ2v) is 5.52. The van der Waals surface area contributed by atoms with Crippen molar-refractivity contribution >= 4 is 11.8 Å². The molecule has 1 fully saturated rings. The molecular weight excluding hydrogens is 256 g/mol. The highest BCUT2D eigenvalue weighted by Gasteiger charge is 2.37. The van der Waals surface area contributed by atoms with Crippen LogP contribution in [0, 0.1) is 0 Å². The number of imide groups is 1. The molecule has 2 aliphatic rings. The number of nitrogens with zero attached hydrogens (tertiary/aromatic N) is 2. The van der Waals surface area contributed by atoms with E-state index in [1.165, 1.54) is 4.90 Å². The Morgan fingerprint density at radius 1 is 1.05 bits per heavy atom. The Bertz CT molecular complexity index is 513. The van der Waals surface area contributed by atoms with Gasteiger partial charge in [-0.2, -0.15) is 0 Å². The summed E-state index contributed by atoms with van der Waals surface area (Å²) in [6.07, 6.45) is 0.239. The number of morpholine rings is 1. The Labute approximate surface area is 118 Å². The number of hydrogen-bond acceptors (Lipinski definition) is 4. The lowest BCUT2D eigenvalue weighted by atomic mass is 10.1. The predicted octanol–water partition coefficient (Wildman–Crippen LogP) is 1.35. The van der Waals surface area contributed by atoms with Gasteiger partial charge >= 0.3 is 0 Å². The smallest absolute Gasteiger partial charge is 0.262 e. The van der Waals surface area contributed by atoms with Crippen LogP contribution in [0.2, 0.25) is 0 Å². The fraction of sp³-hybridized carbons (Fsp3) is 0.467. The number of benzene rings is 1. The first-order valence-corrected chi connectivity index (χ1v) is 6.89. The first-order valence-electron chi connectivity index (χ1n) is 6.89. The van der Waals surface area contributed by atoms with Crippen molar-refractivity contribution in [1.29, 1.82) is 0 Å². The van der Waals surface area contributed by atoms with Gasteiger partial charge in [0.2, 0.25) is 0 Å². The maximum absolute atomic E-state index is 12.3. The van der Waals surface area contributed by atoms with E-state index in [1.807, 2.05) is 13.8 Å². The standard InChI is InChI=1S/C15H18N2O3/c1-10-7-16(8-11(2)20-10)9-17-14(18)12-5-3-4-6-13(12)15(17)19/h3-6,10-11H,7-9H2,1-2H3/t10-,11-/m1/s1. The molecule has 0 N–H and O–H groups in total. The Hall–Kier alpha value is -1.72. The summed E-state index contributed by atoms with van der Waals surface area (Å²) in [5, 5.41) is 0. The molecule has 0 saturated carbocycles. The van der Waals surface area contributed by atoms with Crippen molar-refractivity contribution in [2.45, 2.75) is 26.1 Å². The van der Waals surface area contributed by atoms with E-state index in [4.69, 9.17) is 4.74 Å². The summed E-state index contributed by atoms with van der Waals surface area (Å²) in [6.45, 7) is 5.82. The zero-order valence-electron chi connectivity index (χ0n) is 11.7. The van der Waals surface area contributed by atoms with Crippen LogP contribution in [0.15, 0.2) is 24.3 Å². The summed E-state index contributed by atoms with van der Waals surface area (Å²) in [5.41, 5.74) is 1.01. The molecule has 0 bridgehead atoms. The van der Waals surface area contributed by atoms with Crippen LogP contribution in [0.25, 0.3) is 0 Å². The molecule has 0 aliphatic carbocycles. The highest BCUT2D eigenvalue weighted by atomic mass is 16.5. The van der Waals surface area contributed by atoms with E-state index in [0.29, 0.717) is 17.8 Å². The van der Waals surface area contributed by atoms with Crippen molar-refractivity contribution < 1.29 is 14.3 Å². The Morgan fingerprint density at radius 3 is 2.05 bits per heavy atom. The third-order valence-corrected chi connectivity index (χ3v) is 3.71. The molecule has 5 heteroatoms. The minimum absolute atomic E-state index is 0.119. The largest absolute Gasteiger partial charge is 0.373 e. The number of hydrogen-bond donors (Lipinski definition) is 0. The van der Waals surface area contributed by atoms with Gasteiger partial charge in [-0.05, 0) is 26.0 Å². The molecule has 1 saturated heterocycles. The number of carbonyl (C=O) groups excluding carboxylic acids is 2. The first-order chi connectivity index (χ1) is 9.56. The molecule has 1 aromatic carbocycles. The second-order valence-electron chi connectivity index (χ2n) is 5.52. The van der Waals surface area contributed by atoms with E-state index in [9.17, 15) is 9.59 Å². The molecular formula is C15H18N2O3. The van der Waals surface area contributed by atoms with Gasteiger partial charge in [0.15, 0.2) is 0 Å². The average Bonchev–Trinajstić information content (AvgIpc) is 2.64. The molecule has 2 aliphatic heterocycles. The number of fused-ring (bicyclic) bond motifs is 1. The van der Waals surface area contributed by atoms with Gasteiger partial charge in [-0.15, -0.1) is 0 Å². The van der Waals surface area contributed by atoms with Gasteiger partial charge in [0.25, 0.3) is 11.8 Å². The molecule has 0 aromatic heterocycles. The Balaban J connectivity index is 1.76. The van der Waals surface area contributed by atoms with Gasteiger partial charge < -0.3 is 4.74 Å². The summed E-state index contributed by atoms with van der Waals surface area (Å²) >= 11 is 0. The van der Waals surface area contributed by atoms with E-state index in [-0.39, 0.29) is 24.0 Å². The lowest BCUT2D eigenvalue weighted by molar-refractivity contribution is -0.0759. The van der Waals surface area contributed by atoms with Crippen LogP contribution < -0.4 is 0 Å². The van der Waals surface area contributed by atoms with Crippen LogP contribution in [0.4, 0.5) is 0 Å². The molecule has 0 spiro atoms. The summed E-state index contributed by atoms with van der Waals surface area (Å²) in [7, 11) is 0. The summed E-state index contributed by atoms with van der Waals surface area (Å²) in [5.74, 6) is -0.394. The van der Waals surface area contributed by atoms with Gasteiger partial charge in [0, 0.05) is 13.1 Å². The minimum Gasteiger partial charge on any atom is -0.373 e. The van der Waals surface area contributed by atoms with Crippen LogP contribution in [0.5, 0.6) is 0 Å². The van der Waals surface area contributed by atoms with Crippen LogP contribution >= 0.6 is 0 Å². The SMILES string of the molecule is C[C@@H]1CN(CN2C(=O)c3ccccc3C2=O)C[C@@H](C)O1. The van der Waals surface area contributed by atoms with Crippen LogP contribution in [0.3, 0.4) is 0 Å². The van der Waals surface area contributed by atoms with Crippen molar-refractivity contribution in [1.82, 2.24) is 9.80 Å². The third kappa shape index (κ3) is 2.23. The van der Waals surface area contributed by atoms with E-state index < -0.39 is 0 Å². The highest BCUT2D eigenvalue weighted by Crippen LogP contribution is 2.23. The zero-order valence-corrected chi connectivity index (χ0v) is 11.7. The summed E-state index contributed by atoms with van der Waals surface area (Å²) in [6, 6.07) is 6.99. The minimum atomic E-state index is -0.197. The van der Waals surface area contributed by atoms with Crippen molar-refractivity contribution in [3.63, 3.8) is 0 Å². The van der Waals surface area contributed by atoms with E-state index >= 15 is 0 Å². The maximum Gasteiger partial charge on any atom is 0.262 e. The van der Waals surface area contributed by atoms with Gasteiger partial charge in [-0.1, -0.05) is 12.1 Å². The first kappa shape index (κ1) is 13.3. The number of rotatable bonds is 2. The average molecular weight is 274 g/mol. The fourth-order valence-corrected chi connectivity index (χ4v) is 2.97. The number of carbonyl (C=O) groups is 2. The molecule has 0 radical (unpaired) electrons. The molecule has 106 valence electrons. The molecule has 1 aromatic rings. The zero-order chi connectivity index (χ0) is 14.3. The van der Waals surface area contributed by atoms with Crippen LogP contribution in [-0.4, -0.2) is 53.6 Å². The number of ether oxygens (including phenoxy) is 1. The highest BCUT2D eigenvalue weighted by molar-refractivity contribution is 6.21. The van der Waals surface area contributed by atoms with Crippen molar-refractivity contribution in [2.75, 3.05) is 19.8 Å².